The number of nitrogens with two attached hydrogens (primary N) is 1. The van der Waals surface area contributed by atoms with E-state index in [9.17, 15) is 13.2 Å². The number of anilines is 3. The number of thioether (sulfide) groups is 1. The third-order valence-electron chi connectivity index (χ3n) is 2.64. The van der Waals surface area contributed by atoms with E-state index < -0.39 is 11.7 Å². The molecule has 0 bridgehead atoms. The number of pyridine rings is 1. The fourth-order valence-electron chi connectivity index (χ4n) is 1.68. The molecule has 0 atom stereocenters. The van der Waals surface area contributed by atoms with Gasteiger partial charge in [-0.1, -0.05) is 6.07 Å². The minimum absolute atomic E-state index is 0.0617. The molecule has 0 saturated heterocycles. The second-order valence-corrected chi connectivity index (χ2v) is 5.01. The Balaban J connectivity index is 2.34. The molecule has 8 heteroatoms. The minimum atomic E-state index is -4.47. The molecule has 1 aromatic heterocycles. The van der Waals surface area contributed by atoms with Crippen LogP contribution in [0.15, 0.2) is 41.3 Å². The van der Waals surface area contributed by atoms with E-state index in [1.165, 1.54) is 11.8 Å². The number of benzene rings is 1. The lowest BCUT2D eigenvalue weighted by Crippen LogP contribution is -2.13. The van der Waals surface area contributed by atoms with Crippen LogP contribution in [0.4, 0.5) is 30.5 Å². The maximum atomic E-state index is 12.8. The van der Waals surface area contributed by atoms with E-state index in [0.717, 1.165) is 17.0 Å². The normalized spacial score (nSPS) is 11.3. The van der Waals surface area contributed by atoms with Gasteiger partial charge >= 0.3 is 6.18 Å². The van der Waals surface area contributed by atoms with Gasteiger partial charge in [-0.3, -0.25) is 0 Å². The second-order valence-electron chi connectivity index (χ2n) is 4.13. The highest BCUT2D eigenvalue weighted by atomic mass is 32.2. The second kappa shape index (κ2) is 6.23. The molecule has 1 heterocycles. The summed E-state index contributed by atoms with van der Waals surface area (Å²) in [6.07, 6.45) is -2.55. The van der Waals surface area contributed by atoms with Crippen LogP contribution in [-0.4, -0.2) is 11.2 Å². The lowest BCUT2D eigenvalue weighted by Gasteiger charge is -2.12. The zero-order valence-electron chi connectivity index (χ0n) is 11.0. The van der Waals surface area contributed by atoms with Crippen molar-refractivity contribution in [2.45, 2.75) is 11.1 Å². The predicted molar refractivity (Wildman–Crippen MR) is 78.6 cm³/mol. The van der Waals surface area contributed by atoms with Gasteiger partial charge in [-0.2, -0.15) is 13.2 Å². The summed E-state index contributed by atoms with van der Waals surface area (Å²) in [5.74, 6) is 5.16. The third kappa shape index (κ3) is 4.02. The molecule has 0 saturated carbocycles. The standard InChI is InChI=1S/C13H13F3N4S/c1-21-10-4-2-3-9(7-10)18-11-5-8(13(14,15)16)6-12(19-11)20-17/h2-7H,17H2,1H3,(H2,18,19,20). The Bertz CT molecular complexity index is 631. The average Bonchev–Trinajstić information content (AvgIpc) is 2.46. The summed E-state index contributed by atoms with van der Waals surface area (Å²) in [4.78, 5) is 4.95. The summed E-state index contributed by atoms with van der Waals surface area (Å²) in [6, 6.07) is 9.07. The van der Waals surface area contributed by atoms with Gasteiger partial charge in [-0.15, -0.1) is 11.8 Å². The quantitative estimate of drug-likeness (QED) is 0.454. The maximum Gasteiger partial charge on any atom is 0.416 e. The van der Waals surface area contributed by atoms with Gasteiger partial charge in [-0.25, -0.2) is 10.8 Å². The lowest BCUT2D eigenvalue weighted by molar-refractivity contribution is -0.137. The van der Waals surface area contributed by atoms with Crippen LogP contribution in [0.25, 0.3) is 0 Å². The lowest BCUT2D eigenvalue weighted by atomic mass is 10.2. The van der Waals surface area contributed by atoms with Gasteiger partial charge in [-0.05, 0) is 36.6 Å². The summed E-state index contributed by atoms with van der Waals surface area (Å²) >= 11 is 1.54. The highest BCUT2D eigenvalue weighted by molar-refractivity contribution is 7.98. The van der Waals surface area contributed by atoms with Crippen molar-refractivity contribution in [1.29, 1.82) is 0 Å². The number of hydrazine groups is 1. The van der Waals surface area contributed by atoms with Crippen LogP contribution in [-0.2, 0) is 6.18 Å². The van der Waals surface area contributed by atoms with Gasteiger partial charge in [0.05, 0.1) is 5.56 Å². The van der Waals surface area contributed by atoms with E-state index in [2.05, 4.69) is 15.7 Å². The molecule has 0 spiro atoms. The molecule has 0 unspecified atom stereocenters. The first-order valence-electron chi connectivity index (χ1n) is 5.89. The zero-order valence-corrected chi connectivity index (χ0v) is 11.8. The first-order valence-corrected chi connectivity index (χ1v) is 7.12. The summed E-state index contributed by atoms with van der Waals surface area (Å²) < 4.78 is 38.4. The molecule has 4 nitrogen and oxygen atoms in total. The van der Waals surface area contributed by atoms with E-state index >= 15 is 0 Å². The number of hydrogen-bond donors (Lipinski definition) is 3. The SMILES string of the molecule is CSc1cccc(Nc2cc(C(F)(F)F)cc(NN)n2)c1. The Morgan fingerprint density at radius 3 is 2.48 bits per heavy atom. The van der Waals surface area contributed by atoms with Gasteiger partial charge in [0, 0.05) is 10.6 Å². The molecular weight excluding hydrogens is 301 g/mol. The molecule has 0 aliphatic rings. The Morgan fingerprint density at radius 2 is 1.86 bits per heavy atom. The number of aromatic nitrogens is 1. The fraction of sp³-hybridized carbons (Fsp3) is 0.154. The molecule has 2 aromatic rings. The largest absolute Gasteiger partial charge is 0.416 e. The summed E-state index contributed by atoms with van der Waals surface area (Å²) in [6.45, 7) is 0. The first kappa shape index (κ1) is 15.5. The number of alkyl halides is 3. The van der Waals surface area contributed by atoms with Crippen molar-refractivity contribution in [3.05, 3.63) is 42.0 Å². The Kier molecular flexibility index (Phi) is 4.59. The average molecular weight is 314 g/mol. The summed E-state index contributed by atoms with van der Waals surface area (Å²) in [5, 5.41) is 2.85. The number of nitrogens with one attached hydrogen (secondary N) is 2. The molecule has 0 aliphatic carbocycles. The van der Waals surface area contributed by atoms with Crippen molar-refractivity contribution in [3.63, 3.8) is 0 Å². The van der Waals surface area contributed by atoms with Crippen LogP contribution in [0.2, 0.25) is 0 Å². The molecule has 0 amide bonds. The first-order chi connectivity index (χ1) is 9.92. The monoisotopic (exact) mass is 314 g/mol. The zero-order chi connectivity index (χ0) is 15.5. The Morgan fingerprint density at radius 1 is 1.14 bits per heavy atom. The van der Waals surface area contributed by atoms with Crippen molar-refractivity contribution < 1.29 is 13.2 Å². The van der Waals surface area contributed by atoms with Crippen molar-refractivity contribution in [3.8, 4) is 0 Å². The minimum Gasteiger partial charge on any atom is -0.340 e. The van der Waals surface area contributed by atoms with E-state index in [-0.39, 0.29) is 11.6 Å². The molecule has 0 aliphatic heterocycles. The predicted octanol–water partition coefficient (Wildman–Crippen LogP) is 3.85. The molecule has 0 radical (unpaired) electrons. The van der Waals surface area contributed by atoms with Gasteiger partial charge in [0.1, 0.15) is 11.6 Å². The number of nitrogens with zero attached hydrogens (tertiary/aromatic N) is 1. The molecular formula is C13H13F3N4S. The molecule has 0 fully saturated rings. The van der Waals surface area contributed by atoms with E-state index in [1.54, 1.807) is 6.07 Å². The van der Waals surface area contributed by atoms with Crippen LogP contribution in [0.5, 0.6) is 0 Å². The number of hydrogen-bond acceptors (Lipinski definition) is 5. The maximum absolute atomic E-state index is 12.8. The van der Waals surface area contributed by atoms with Crippen LogP contribution in [0.3, 0.4) is 0 Å². The van der Waals surface area contributed by atoms with Gasteiger partial charge in [0.25, 0.3) is 0 Å². The Labute approximate surface area is 123 Å². The van der Waals surface area contributed by atoms with Crippen LogP contribution >= 0.6 is 11.8 Å². The molecule has 2 rings (SSSR count). The number of nitrogen functional groups attached to an aromatic ring is 1. The summed E-state index contributed by atoms with van der Waals surface area (Å²) in [7, 11) is 0. The van der Waals surface area contributed by atoms with Crippen molar-refractivity contribution in [1.82, 2.24) is 4.98 Å². The molecule has 1 aromatic carbocycles. The van der Waals surface area contributed by atoms with Crippen LogP contribution in [0, 0.1) is 0 Å². The van der Waals surface area contributed by atoms with Crippen molar-refractivity contribution >= 4 is 29.1 Å². The number of rotatable bonds is 4. The summed E-state index contributed by atoms with van der Waals surface area (Å²) in [5.41, 5.74) is 1.96. The van der Waals surface area contributed by atoms with E-state index in [0.29, 0.717) is 5.69 Å². The van der Waals surface area contributed by atoms with E-state index in [1.807, 2.05) is 24.5 Å². The topological polar surface area (TPSA) is 63.0 Å². The van der Waals surface area contributed by atoms with Crippen molar-refractivity contribution in [2.75, 3.05) is 17.0 Å². The molecule has 21 heavy (non-hydrogen) atoms. The Hall–Kier alpha value is -1.93. The fourth-order valence-corrected chi connectivity index (χ4v) is 2.14. The van der Waals surface area contributed by atoms with Gasteiger partial charge in [0.15, 0.2) is 0 Å². The third-order valence-corrected chi connectivity index (χ3v) is 3.37. The highest BCUT2D eigenvalue weighted by Crippen LogP contribution is 2.32. The smallest absolute Gasteiger partial charge is 0.340 e. The highest BCUT2D eigenvalue weighted by Gasteiger charge is 2.31. The van der Waals surface area contributed by atoms with Crippen LogP contribution in [0.1, 0.15) is 5.56 Å². The van der Waals surface area contributed by atoms with Crippen molar-refractivity contribution in [2.24, 2.45) is 5.84 Å². The van der Waals surface area contributed by atoms with E-state index in [4.69, 9.17) is 5.84 Å². The van der Waals surface area contributed by atoms with Crippen LogP contribution < -0.4 is 16.6 Å². The molecule has 112 valence electrons. The number of halogens is 3. The molecule has 4 N–H and O–H groups in total. The van der Waals surface area contributed by atoms with Gasteiger partial charge < -0.3 is 10.7 Å². The van der Waals surface area contributed by atoms with Gasteiger partial charge in [0.2, 0.25) is 0 Å².